The number of carboxylic acid groups (broad SMARTS) is 1. The number of likely N-dealkylation sites (tertiary alicyclic amines) is 1. The molecule has 0 aliphatic carbocycles. The summed E-state index contributed by atoms with van der Waals surface area (Å²) < 4.78 is 10.8. The third-order valence-electron chi connectivity index (χ3n) is 4.98. The molecule has 1 aliphatic rings. The number of nitrogens with zero attached hydrogens (tertiary/aromatic N) is 1. The van der Waals surface area contributed by atoms with E-state index in [1.165, 1.54) is 0 Å². The maximum Gasteiger partial charge on any atom is 0.320 e. The lowest BCUT2D eigenvalue weighted by molar-refractivity contribution is -0.145. The van der Waals surface area contributed by atoms with Crippen LogP contribution >= 0.6 is 0 Å². The molecule has 1 fully saturated rings. The lowest BCUT2D eigenvalue weighted by atomic mass is 9.91. The largest absolute Gasteiger partial charge is 0.497 e. The van der Waals surface area contributed by atoms with Crippen molar-refractivity contribution in [2.24, 2.45) is 0 Å². The molecular formula is C21H25NO4. The van der Waals surface area contributed by atoms with Crippen LogP contribution in [-0.4, -0.2) is 42.8 Å². The Kier molecular flexibility index (Phi) is 5.78. The zero-order valence-electron chi connectivity index (χ0n) is 15.2. The minimum absolute atomic E-state index is 0.165. The van der Waals surface area contributed by atoms with Gasteiger partial charge in [0.15, 0.2) is 0 Å². The number of carbonyl (C=O) groups is 1. The van der Waals surface area contributed by atoms with E-state index in [1.807, 2.05) is 48.5 Å². The van der Waals surface area contributed by atoms with Gasteiger partial charge < -0.3 is 14.6 Å². The van der Waals surface area contributed by atoms with Crippen molar-refractivity contribution in [2.45, 2.75) is 31.3 Å². The first-order chi connectivity index (χ1) is 12.6. The van der Waals surface area contributed by atoms with Gasteiger partial charge in [0.05, 0.1) is 20.3 Å². The van der Waals surface area contributed by atoms with Gasteiger partial charge >= 0.3 is 5.97 Å². The number of carboxylic acids is 1. The molecule has 2 aromatic rings. The van der Waals surface area contributed by atoms with E-state index in [0.717, 1.165) is 42.0 Å². The molecule has 26 heavy (non-hydrogen) atoms. The van der Waals surface area contributed by atoms with E-state index in [9.17, 15) is 9.90 Å². The van der Waals surface area contributed by atoms with E-state index in [-0.39, 0.29) is 6.04 Å². The van der Waals surface area contributed by atoms with Crippen molar-refractivity contribution in [3.05, 3.63) is 59.7 Å². The maximum atomic E-state index is 11.9. The molecule has 5 heteroatoms. The standard InChI is InChI=1S/C21H25NO4/c1-25-17-9-5-7-15(13-17)20(16-8-6-10-18(14-16)26-2)22-12-4-3-11-19(22)21(23)24/h5-10,13-14,19-20H,3-4,11-12H2,1-2H3,(H,23,24). The second kappa shape index (κ2) is 8.23. The van der Waals surface area contributed by atoms with Gasteiger partial charge in [0.25, 0.3) is 0 Å². The van der Waals surface area contributed by atoms with Crippen molar-refractivity contribution in [3.63, 3.8) is 0 Å². The lowest BCUT2D eigenvalue weighted by Crippen LogP contribution is -2.46. The molecule has 0 bridgehead atoms. The predicted octanol–water partition coefficient (Wildman–Crippen LogP) is 3.73. The second-order valence-electron chi connectivity index (χ2n) is 6.54. The van der Waals surface area contributed by atoms with Crippen LogP contribution in [0.2, 0.25) is 0 Å². The second-order valence-corrected chi connectivity index (χ2v) is 6.54. The molecule has 1 aliphatic heterocycles. The highest BCUT2D eigenvalue weighted by molar-refractivity contribution is 5.73. The number of hydrogen-bond donors (Lipinski definition) is 1. The van der Waals surface area contributed by atoms with Gasteiger partial charge in [-0.2, -0.15) is 0 Å². The van der Waals surface area contributed by atoms with Gasteiger partial charge in [-0.3, -0.25) is 9.69 Å². The van der Waals surface area contributed by atoms with Gasteiger partial charge in [-0.25, -0.2) is 0 Å². The molecule has 3 rings (SSSR count). The van der Waals surface area contributed by atoms with E-state index in [0.29, 0.717) is 6.42 Å². The van der Waals surface area contributed by atoms with E-state index in [2.05, 4.69) is 4.90 Å². The SMILES string of the molecule is COc1cccc(C(c2cccc(OC)c2)N2CCCCC2C(=O)O)c1. The molecule has 5 nitrogen and oxygen atoms in total. The monoisotopic (exact) mass is 355 g/mol. The third-order valence-corrected chi connectivity index (χ3v) is 4.98. The molecule has 138 valence electrons. The third kappa shape index (κ3) is 3.83. The lowest BCUT2D eigenvalue weighted by Gasteiger charge is -2.39. The van der Waals surface area contributed by atoms with Gasteiger partial charge in [-0.1, -0.05) is 30.7 Å². The quantitative estimate of drug-likeness (QED) is 0.855. The molecule has 1 saturated heterocycles. The number of methoxy groups -OCH3 is 2. The van der Waals surface area contributed by atoms with Crippen molar-refractivity contribution in [3.8, 4) is 11.5 Å². The Morgan fingerprint density at radius 2 is 1.62 bits per heavy atom. The Balaban J connectivity index is 2.09. The van der Waals surface area contributed by atoms with Crippen LogP contribution in [0.3, 0.4) is 0 Å². The van der Waals surface area contributed by atoms with Gasteiger partial charge in [0.1, 0.15) is 17.5 Å². The Hall–Kier alpha value is -2.53. The average molecular weight is 355 g/mol. The summed E-state index contributed by atoms with van der Waals surface area (Å²) in [4.78, 5) is 14.0. The number of hydrogen-bond acceptors (Lipinski definition) is 4. The molecule has 1 heterocycles. The molecule has 0 spiro atoms. The minimum atomic E-state index is -0.763. The van der Waals surface area contributed by atoms with E-state index >= 15 is 0 Å². The van der Waals surface area contributed by atoms with Crippen LogP contribution in [-0.2, 0) is 4.79 Å². The smallest absolute Gasteiger partial charge is 0.320 e. The van der Waals surface area contributed by atoms with Crippen LogP contribution in [0.4, 0.5) is 0 Å². The Morgan fingerprint density at radius 1 is 1.04 bits per heavy atom. The van der Waals surface area contributed by atoms with Crippen molar-refractivity contribution >= 4 is 5.97 Å². The Morgan fingerprint density at radius 3 is 2.12 bits per heavy atom. The van der Waals surface area contributed by atoms with Crippen LogP contribution in [0, 0.1) is 0 Å². The molecule has 0 amide bonds. The number of ether oxygens (including phenoxy) is 2. The minimum Gasteiger partial charge on any atom is -0.497 e. The maximum absolute atomic E-state index is 11.9. The molecule has 1 atom stereocenters. The van der Waals surface area contributed by atoms with Gasteiger partial charge in [-0.15, -0.1) is 0 Å². The molecule has 0 aromatic heterocycles. The summed E-state index contributed by atoms with van der Waals surface area (Å²) in [6.07, 6.45) is 2.60. The Bertz CT molecular complexity index is 714. The number of piperidine rings is 1. The molecule has 2 aromatic carbocycles. The van der Waals surface area contributed by atoms with Crippen LogP contribution in [0.15, 0.2) is 48.5 Å². The van der Waals surface area contributed by atoms with Crippen LogP contribution in [0.25, 0.3) is 0 Å². The number of benzene rings is 2. The first-order valence-corrected chi connectivity index (χ1v) is 8.90. The summed E-state index contributed by atoms with van der Waals surface area (Å²) in [5.41, 5.74) is 2.04. The summed E-state index contributed by atoms with van der Waals surface area (Å²) in [6.45, 7) is 0.746. The van der Waals surface area contributed by atoms with E-state index in [4.69, 9.17) is 9.47 Å². The van der Waals surface area contributed by atoms with E-state index < -0.39 is 12.0 Å². The topological polar surface area (TPSA) is 59.0 Å². The fraction of sp³-hybridized carbons (Fsp3) is 0.381. The zero-order valence-corrected chi connectivity index (χ0v) is 15.2. The van der Waals surface area contributed by atoms with Crippen LogP contribution in [0.1, 0.15) is 36.4 Å². The number of rotatable bonds is 6. The highest BCUT2D eigenvalue weighted by Crippen LogP contribution is 2.36. The first-order valence-electron chi connectivity index (χ1n) is 8.90. The summed E-state index contributed by atoms with van der Waals surface area (Å²) in [5, 5.41) is 9.76. The van der Waals surface area contributed by atoms with Gasteiger partial charge in [-0.05, 0) is 54.8 Å². The average Bonchev–Trinajstić information content (AvgIpc) is 2.69. The summed E-state index contributed by atoms with van der Waals surface area (Å²) in [6, 6.07) is 15.1. The normalized spacial score (nSPS) is 17.9. The summed E-state index contributed by atoms with van der Waals surface area (Å²) in [5.74, 6) is 0.763. The summed E-state index contributed by atoms with van der Waals surface area (Å²) >= 11 is 0. The van der Waals surface area contributed by atoms with Crippen molar-refractivity contribution in [2.75, 3.05) is 20.8 Å². The van der Waals surface area contributed by atoms with Crippen molar-refractivity contribution < 1.29 is 19.4 Å². The van der Waals surface area contributed by atoms with Crippen molar-refractivity contribution in [1.29, 1.82) is 0 Å². The Labute approximate surface area is 154 Å². The van der Waals surface area contributed by atoms with Crippen molar-refractivity contribution in [1.82, 2.24) is 4.90 Å². The van der Waals surface area contributed by atoms with Crippen LogP contribution in [0.5, 0.6) is 11.5 Å². The molecular weight excluding hydrogens is 330 g/mol. The highest BCUT2D eigenvalue weighted by atomic mass is 16.5. The summed E-state index contributed by atoms with van der Waals surface area (Å²) in [7, 11) is 3.28. The fourth-order valence-corrected chi connectivity index (χ4v) is 3.73. The van der Waals surface area contributed by atoms with E-state index in [1.54, 1.807) is 14.2 Å². The van der Waals surface area contributed by atoms with Gasteiger partial charge in [0, 0.05) is 0 Å². The van der Waals surface area contributed by atoms with Crippen LogP contribution < -0.4 is 9.47 Å². The van der Waals surface area contributed by atoms with Gasteiger partial charge in [0.2, 0.25) is 0 Å². The first kappa shape index (κ1) is 18.3. The molecule has 1 unspecified atom stereocenters. The number of aliphatic carboxylic acids is 1. The fourth-order valence-electron chi connectivity index (χ4n) is 3.73. The predicted molar refractivity (Wildman–Crippen MR) is 99.8 cm³/mol. The molecule has 0 saturated carbocycles. The molecule has 1 N–H and O–H groups in total. The highest BCUT2D eigenvalue weighted by Gasteiger charge is 2.35. The molecule has 0 radical (unpaired) electrons. The zero-order chi connectivity index (χ0) is 18.5.